The minimum absolute atomic E-state index is 0.128. The molecule has 2 unspecified atom stereocenters. The molecule has 0 fully saturated rings. The second kappa shape index (κ2) is 10.8. The Morgan fingerprint density at radius 1 is 0.889 bits per heavy atom. The molecule has 0 aliphatic rings. The van der Waals surface area contributed by atoms with Crippen LogP contribution < -0.4 is 0 Å². The molecule has 0 aliphatic carbocycles. The summed E-state index contributed by atoms with van der Waals surface area (Å²) < 4.78 is 0. The molecule has 0 heterocycles. The molecule has 0 saturated carbocycles. The molecule has 110 valence electrons. The highest BCUT2D eigenvalue weighted by molar-refractivity contribution is 4.69. The number of unbranched alkanes of at least 4 members (excludes halogenated alkanes) is 7. The van der Waals surface area contributed by atoms with Crippen LogP contribution in [0.5, 0.6) is 0 Å². The second-order valence-electron chi connectivity index (χ2n) is 6.07. The maximum absolute atomic E-state index is 9.85. The molecule has 2 atom stereocenters. The second-order valence-corrected chi connectivity index (χ2v) is 6.07. The lowest BCUT2D eigenvalue weighted by molar-refractivity contribution is 0.0442. The van der Waals surface area contributed by atoms with Crippen LogP contribution >= 0.6 is 0 Å². The van der Waals surface area contributed by atoms with Gasteiger partial charge >= 0.3 is 0 Å². The largest absolute Gasteiger partial charge is 0.393 e. The van der Waals surface area contributed by atoms with E-state index in [9.17, 15) is 5.11 Å². The van der Waals surface area contributed by atoms with Gasteiger partial charge in [0, 0.05) is 0 Å². The SMILES string of the molecule is CCC(C)(O)CCCCCCCCCCC(C)O. The molecule has 2 nitrogen and oxygen atoms in total. The number of aliphatic hydroxyl groups excluding tert-OH is 1. The lowest BCUT2D eigenvalue weighted by atomic mass is 9.95. The van der Waals surface area contributed by atoms with Gasteiger partial charge in [0.1, 0.15) is 0 Å². The first-order valence-electron chi connectivity index (χ1n) is 7.88. The standard InChI is InChI=1S/C16H34O2/c1-4-16(3,18)14-12-10-8-6-5-7-9-11-13-15(2)17/h15,17-18H,4-14H2,1-3H3. The van der Waals surface area contributed by atoms with Crippen LogP contribution in [0.4, 0.5) is 0 Å². The summed E-state index contributed by atoms with van der Waals surface area (Å²) in [5.74, 6) is 0. The van der Waals surface area contributed by atoms with E-state index in [1.54, 1.807) is 0 Å². The van der Waals surface area contributed by atoms with Crippen LogP contribution in [0.2, 0.25) is 0 Å². The van der Waals surface area contributed by atoms with Crippen LogP contribution in [0, 0.1) is 0 Å². The average molecular weight is 258 g/mol. The summed E-state index contributed by atoms with van der Waals surface area (Å²) in [5.41, 5.74) is -0.443. The predicted octanol–water partition coefficient (Wildman–Crippen LogP) is 4.43. The van der Waals surface area contributed by atoms with E-state index in [1.807, 2.05) is 20.8 Å². The topological polar surface area (TPSA) is 40.5 Å². The highest BCUT2D eigenvalue weighted by Gasteiger charge is 2.15. The highest BCUT2D eigenvalue weighted by Crippen LogP contribution is 2.19. The zero-order valence-electron chi connectivity index (χ0n) is 12.7. The van der Waals surface area contributed by atoms with Crippen molar-refractivity contribution in [2.45, 2.75) is 103 Å². The molecule has 0 bridgehead atoms. The van der Waals surface area contributed by atoms with E-state index in [0.29, 0.717) is 0 Å². The Labute approximate surface area is 114 Å². The summed E-state index contributed by atoms with van der Waals surface area (Å²) in [6.07, 6.45) is 12.7. The average Bonchev–Trinajstić information content (AvgIpc) is 2.31. The van der Waals surface area contributed by atoms with Crippen molar-refractivity contribution < 1.29 is 10.2 Å². The van der Waals surface area contributed by atoms with E-state index >= 15 is 0 Å². The first-order valence-corrected chi connectivity index (χ1v) is 7.88. The molecule has 0 aromatic carbocycles. The first-order chi connectivity index (χ1) is 8.48. The van der Waals surface area contributed by atoms with Gasteiger partial charge in [0.25, 0.3) is 0 Å². The summed E-state index contributed by atoms with van der Waals surface area (Å²) in [4.78, 5) is 0. The molecule has 2 heteroatoms. The van der Waals surface area contributed by atoms with Gasteiger partial charge < -0.3 is 10.2 Å². The first kappa shape index (κ1) is 17.9. The van der Waals surface area contributed by atoms with Crippen molar-refractivity contribution in [1.29, 1.82) is 0 Å². The zero-order chi connectivity index (χ0) is 13.9. The van der Waals surface area contributed by atoms with E-state index in [2.05, 4.69) is 0 Å². The van der Waals surface area contributed by atoms with Crippen molar-refractivity contribution in [1.82, 2.24) is 0 Å². The van der Waals surface area contributed by atoms with Crippen molar-refractivity contribution in [2.24, 2.45) is 0 Å². The summed E-state index contributed by atoms with van der Waals surface area (Å²) in [5, 5.41) is 19.0. The van der Waals surface area contributed by atoms with E-state index < -0.39 is 5.60 Å². The Balaban J connectivity index is 3.12. The van der Waals surface area contributed by atoms with Crippen LogP contribution in [0.25, 0.3) is 0 Å². The van der Waals surface area contributed by atoms with Crippen LogP contribution in [0.1, 0.15) is 91.4 Å². The fourth-order valence-corrected chi connectivity index (χ4v) is 2.18. The van der Waals surface area contributed by atoms with Crippen LogP contribution in [0.3, 0.4) is 0 Å². The number of aliphatic hydroxyl groups is 2. The Kier molecular flexibility index (Phi) is 10.8. The predicted molar refractivity (Wildman–Crippen MR) is 78.8 cm³/mol. The lowest BCUT2D eigenvalue weighted by Crippen LogP contribution is -2.22. The minimum Gasteiger partial charge on any atom is -0.393 e. The van der Waals surface area contributed by atoms with Crippen LogP contribution in [0.15, 0.2) is 0 Å². The Morgan fingerprint density at radius 3 is 1.78 bits per heavy atom. The molecule has 2 N–H and O–H groups in total. The highest BCUT2D eigenvalue weighted by atomic mass is 16.3. The quantitative estimate of drug-likeness (QED) is 0.508. The molecule has 0 aromatic heterocycles. The number of hydrogen-bond acceptors (Lipinski definition) is 2. The van der Waals surface area contributed by atoms with Crippen LogP contribution in [-0.4, -0.2) is 21.9 Å². The van der Waals surface area contributed by atoms with Crippen molar-refractivity contribution >= 4 is 0 Å². The Hall–Kier alpha value is -0.0800. The van der Waals surface area contributed by atoms with Gasteiger partial charge in [-0.25, -0.2) is 0 Å². The molecular weight excluding hydrogens is 224 g/mol. The third kappa shape index (κ3) is 12.4. The van der Waals surface area contributed by atoms with Gasteiger partial charge in [0.15, 0.2) is 0 Å². The number of rotatable bonds is 12. The summed E-state index contributed by atoms with van der Waals surface area (Å²) in [6, 6.07) is 0. The smallest absolute Gasteiger partial charge is 0.0617 e. The maximum Gasteiger partial charge on any atom is 0.0617 e. The molecular formula is C16H34O2. The maximum atomic E-state index is 9.85. The van der Waals surface area contributed by atoms with Gasteiger partial charge in [0.2, 0.25) is 0 Å². The van der Waals surface area contributed by atoms with E-state index in [1.165, 1.54) is 38.5 Å². The Bertz CT molecular complexity index is 176. The molecule has 0 spiro atoms. The minimum atomic E-state index is -0.443. The van der Waals surface area contributed by atoms with Crippen molar-refractivity contribution in [3.05, 3.63) is 0 Å². The van der Waals surface area contributed by atoms with Crippen molar-refractivity contribution in [3.8, 4) is 0 Å². The van der Waals surface area contributed by atoms with Gasteiger partial charge in [-0.3, -0.25) is 0 Å². The molecule has 0 aliphatic heterocycles. The summed E-state index contributed by atoms with van der Waals surface area (Å²) in [7, 11) is 0. The van der Waals surface area contributed by atoms with Gasteiger partial charge in [-0.2, -0.15) is 0 Å². The fraction of sp³-hybridized carbons (Fsp3) is 1.00. The fourth-order valence-electron chi connectivity index (χ4n) is 2.18. The molecule has 0 saturated heterocycles. The molecule has 0 rings (SSSR count). The third-order valence-corrected chi connectivity index (χ3v) is 3.85. The summed E-state index contributed by atoms with van der Waals surface area (Å²) >= 11 is 0. The van der Waals surface area contributed by atoms with Gasteiger partial charge in [-0.15, -0.1) is 0 Å². The molecule has 0 aromatic rings. The van der Waals surface area contributed by atoms with Gasteiger partial charge in [-0.05, 0) is 33.1 Å². The van der Waals surface area contributed by atoms with E-state index in [4.69, 9.17) is 5.11 Å². The third-order valence-electron chi connectivity index (χ3n) is 3.85. The van der Waals surface area contributed by atoms with Gasteiger partial charge in [-0.1, -0.05) is 58.3 Å². The Morgan fingerprint density at radius 2 is 1.33 bits per heavy atom. The van der Waals surface area contributed by atoms with Crippen molar-refractivity contribution in [2.75, 3.05) is 0 Å². The number of hydrogen-bond donors (Lipinski definition) is 2. The normalized spacial score (nSPS) is 16.5. The molecule has 0 amide bonds. The zero-order valence-corrected chi connectivity index (χ0v) is 12.7. The van der Waals surface area contributed by atoms with E-state index in [-0.39, 0.29) is 6.10 Å². The molecule has 18 heavy (non-hydrogen) atoms. The van der Waals surface area contributed by atoms with Crippen molar-refractivity contribution in [3.63, 3.8) is 0 Å². The van der Waals surface area contributed by atoms with Crippen LogP contribution in [-0.2, 0) is 0 Å². The molecule has 0 radical (unpaired) electrons. The summed E-state index contributed by atoms with van der Waals surface area (Å²) in [6.45, 7) is 5.85. The lowest BCUT2D eigenvalue weighted by Gasteiger charge is -2.20. The van der Waals surface area contributed by atoms with E-state index in [0.717, 1.165) is 32.1 Å². The van der Waals surface area contributed by atoms with Gasteiger partial charge in [0.05, 0.1) is 11.7 Å². The monoisotopic (exact) mass is 258 g/mol.